The molecule has 4 N–H and O–H groups in total. The van der Waals surface area contributed by atoms with Gasteiger partial charge in [-0.05, 0) is 32.8 Å². The Morgan fingerprint density at radius 2 is 2.00 bits per heavy atom. The van der Waals surface area contributed by atoms with Crippen LogP contribution in [0.3, 0.4) is 0 Å². The van der Waals surface area contributed by atoms with E-state index in [1.807, 2.05) is 13.8 Å². The first-order valence-corrected chi connectivity index (χ1v) is 6.15. The van der Waals surface area contributed by atoms with Gasteiger partial charge in [0.25, 0.3) is 5.91 Å². The summed E-state index contributed by atoms with van der Waals surface area (Å²) in [6.07, 6.45) is 0.638. The van der Waals surface area contributed by atoms with Crippen LogP contribution in [0.4, 0.5) is 0 Å². The minimum Gasteiger partial charge on any atom is -0.354 e. The molecule has 0 saturated heterocycles. The third-order valence-corrected chi connectivity index (χ3v) is 2.95. The number of amides is 1. The van der Waals surface area contributed by atoms with Crippen molar-refractivity contribution in [3.63, 3.8) is 0 Å². The van der Waals surface area contributed by atoms with Crippen molar-refractivity contribution in [2.24, 2.45) is 5.73 Å². The van der Waals surface area contributed by atoms with Crippen molar-refractivity contribution in [1.29, 1.82) is 0 Å². The van der Waals surface area contributed by atoms with E-state index in [2.05, 4.69) is 10.3 Å². The molecule has 6 heteroatoms. The van der Waals surface area contributed by atoms with E-state index in [0.717, 1.165) is 11.3 Å². The van der Waals surface area contributed by atoms with Gasteiger partial charge in [0.2, 0.25) is 0 Å². The number of aromatic nitrogens is 1. The van der Waals surface area contributed by atoms with Crippen LogP contribution in [0.2, 0.25) is 0 Å². The predicted octanol–water partition coefficient (Wildman–Crippen LogP) is 1.59. The van der Waals surface area contributed by atoms with Crippen LogP contribution >= 0.6 is 12.4 Å². The fourth-order valence-corrected chi connectivity index (χ4v) is 2.06. The summed E-state index contributed by atoms with van der Waals surface area (Å²) in [6.45, 7) is 7.47. The van der Waals surface area contributed by atoms with E-state index in [4.69, 9.17) is 5.73 Å². The smallest absolute Gasteiger partial charge is 0.268 e. The summed E-state index contributed by atoms with van der Waals surface area (Å²) >= 11 is 0. The number of nitrogens with one attached hydrogen (secondary N) is 2. The Kier molecular flexibility index (Phi) is 6.79. The van der Waals surface area contributed by atoms with Gasteiger partial charge < -0.3 is 16.0 Å². The summed E-state index contributed by atoms with van der Waals surface area (Å²) in [6, 6.07) is -0.0911. The van der Waals surface area contributed by atoms with Crippen molar-refractivity contribution in [3.05, 3.63) is 22.5 Å². The molecular weight excluding hydrogens is 266 g/mol. The molecule has 0 saturated carbocycles. The van der Waals surface area contributed by atoms with Crippen LogP contribution in [0.15, 0.2) is 0 Å². The van der Waals surface area contributed by atoms with Crippen molar-refractivity contribution in [1.82, 2.24) is 10.3 Å². The highest BCUT2D eigenvalue weighted by molar-refractivity contribution is 6.02. The average molecular weight is 288 g/mol. The number of hydrogen-bond donors (Lipinski definition) is 3. The number of hydrogen-bond acceptors (Lipinski definition) is 3. The maximum absolute atomic E-state index is 12.1. The van der Waals surface area contributed by atoms with Gasteiger partial charge in [0, 0.05) is 23.8 Å². The molecule has 1 heterocycles. The molecule has 1 aromatic heterocycles. The first-order valence-electron chi connectivity index (χ1n) is 6.15. The zero-order valence-corrected chi connectivity index (χ0v) is 12.6. The van der Waals surface area contributed by atoms with Crippen molar-refractivity contribution in [3.8, 4) is 0 Å². The van der Waals surface area contributed by atoms with Gasteiger partial charge in [-0.25, -0.2) is 0 Å². The maximum atomic E-state index is 12.1. The van der Waals surface area contributed by atoms with Crippen LogP contribution in [0, 0.1) is 6.92 Å². The van der Waals surface area contributed by atoms with Crippen LogP contribution < -0.4 is 11.1 Å². The molecule has 19 heavy (non-hydrogen) atoms. The number of aromatic amines is 1. The average Bonchev–Trinajstić information content (AvgIpc) is 2.65. The summed E-state index contributed by atoms with van der Waals surface area (Å²) in [4.78, 5) is 26.7. The first-order chi connectivity index (χ1) is 8.42. The molecule has 0 aromatic carbocycles. The van der Waals surface area contributed by atoms with Crippen LogP contribution in [0.25, 0.3) is 0 Å². The molecule has 0 spiro atoms. The Morgan fingerprint density at radius 1 is 1.42 bits per heavy atom. The summed E-state index contributed by atoms with van der Waals surface area (Å²) < 4.78 is 0. The highest BCUT2D eigenvalue weighted by Gasteiger charge is 2.21. The third kappa shape index (κ3) is 3.81. The SMILES string of the molecule is CCc1c(C(=O)N[C@@H](C)CN)[nH]c(C)c1C(C)=O.Cl. The molecular formula is C13H22ClN3O2. The molecule has 0 bridgehead atoms. The fraction of sp³-hybridized carbons (Fsp3) is 0.538. The zero-order valence-electron chi connectivity index (χ0n) is 11.8. The van der Waals surface area contributed by atoms with E-state index in [1.165, 1.54) is 6.92 Å². The highest BCUT2D eigenvalue weighted by Crippen LogP contribution is 2.20. The molecule has 1 atom stereocenters. The minimum absolute atomic E-state index is 0. The van der Waals surface area contributed by atoms with Crippen molar-refractivity contribution >= 4 is 24.1 Å². The Morgan fingerprint density at radius 3 is 2.42 bits per heavy atom. The van der Waals surface area contributed by atoms with Gasteiger partial charge in [-0.1, -0.05) is 6.92 Å². The van der Waals surface area contributed by atoms with Crippen LogP contribution in [-0.2, 0) is 6.42 Å². The largest absolute Gasteiger partial charge is 0.354 e. The Hall–Kier alpha value is -1.33. The van der Waals surface area contributed by atoms with Crippen LogP contribution in [0.5, 0.6) is 0 Å². The van der Waals surface area contributed by atoms with Crippen LogP contribution in [0.1, 0.15) is 52.9 Å². The van der Waals surface area contributed by atoms with E-state index >= 15 is 0 Å². The fourth-order valence-electron chi connectivity index (χ4n) is 2.06. The lowest BCUT2D eigenvalue weighted by atomic mass is 10.0. The van der Waals surface area contributed by atoms with Gasteiger partial charge in [-0.2, -0.15) is 0 Å². The van der Waals surface area contributed by atoms with Gasteiger partial charge in [0.15, 0.2) is 5.78 Å². The van der Waals surface area contributed by atoms with Gasteiger partial charge in [-0.15, -0.1) is 12.4 Å². The molecule has 0 radical (unpaired) electrons. The third-order valence-electron chi connectivity index (χ3n) is 2.95. The molecule has 108 valence electrons. The van der Waals surface area contributed by atoms with E-state index < -0.39 is 0 Å². The van der Waals surface area contributed by atoms with Gasteiger partial charge in [-0.3, -0.25) is 9.59 Å². The molecule has 1 amide bonds. The zero-order chi connectivity index (χ0) is 13.9. The number of nitrogens with two attached hydrogens (primary N) is 1. The lowest BCUT2D eigenvalue weighted by Crippen LogP contribution is -2.38. The molecule has 0 aliphatic rings. The van der Waals surface area contributed by atoms with Gasteiger partial charge in [0.05, 0.1) is 0 Å². The normalized spacial score (nSPS) is 11.6. The number of aryl methyl sites for hydroxylation is 1. The number of H-pyrrole nitrogens is 1. The summed E-state index contributed by atoms with van der Waals surface area (Å²) in [5, 5.41) is 2.79. The van der Waals surface area contributed by atoms with Gasteiger partial charge in [0.1, 0.15) is 5.69 Å². The molecule has 0 aliphatic carbocycles. The number of Topliss-reactive ketones (excluding diaryl/α,β-unsaturated/α-hetero) is 1. The first kappa shape index (κ1) is 17.7. The van der Waals surface area contributed by atoms with Crippen molar-refractivity contribution in [2.45, 2.75) is 40.2 Å². The lowest BCUT2D eigenvalue weighted by Gasteiger charge is -2.11. The van der Waals surface area contributed by atoms with E-state index in [-0.39, 0.29) is 30.1 Å². The van der Waals surface area contributed by atoms with E-state index in [9.17, 15) is 9.59 Å². The number of carbonyl (C=O) groups excluding carboxylic acids is 2. The minimum atomic E-state index is -0.208. The second-order valence-electron chi connectivity index (χ2n) is 4.50. The number of halogens is 1. The summed E-state index contributed by atoms with van der Waals surface area (Å²) in [5.74, 6) is -0.230. The second-order valence-corrected chi connectivity index (χ2v) is 4.50. The highest BCUT2D eigenvalue weighted by atomic mass is 35.5. The van der Waals surface area contributed by atoms with Crippen molar-refractivity contribution in [2.75, 3.05) is 6.54 Å². The number of ketones is 1. The second kappa shape index (κ2) is 7.31. The quantitative estimate of drug-likeness (QED) is 0.719. The maximum Gasteiger partial charge on any atom is 0.268 e. The topological polar surface area (TPSA) is 88.0 Å². The summed E-state index contributed by atoms with van der Waals surface area (Å²) in [7, 11) is 0. The molecule has 0 unspecified atom stereocenters. The summed E-state index contributed by atoms with van der Waals surface area (Å²) in [5.41, 5.74) is 8.09. The Balaban J connectivity index is 0.00000324. The van der Waals surface area contributed by atoms with Crippen LogP contribution in [-0.4, -0.2) is 29.3 Å². The monoisotopic (exact) mass is 287 g/mol. The molecule has 0 fully saturated rings. The predicted molar refractivity (Wildman–Crippen MR) is 78.1 cm³/mol. The Bertz CT molecular complexity index is 469. The van der Waals surface area contributed by atoms with E-state index in [1.54, 1.807) is 6.92 Å². The molecule has 0 aliphatic heterocycles. The number of rotatable bonds is 5. The van der Waals surface area contributed by atoms with Crippen molar-refractivity contribution < 1.29 is 9.59 Å². The number of carbonyl (C=O) groups is 2. The van der Waals surface area contributed by atoms with Gasteiger partial charge >= 0.3 is 0 Å². The standard InChI is InChI=1S/C13H21N3O2.ClH/c1-5-10-11(9(4)17)8(3)16-12(10)13(18)15-7(2)6-14;/h7,16H,5-6,14H2,1-4H3,(H,15,18);1H/t7-;/m0./s1. The Labute approximate surface area is 119 Å². The molecule has 1 rings (SSSR count). The van der Waals surface area contributed by atoms with E-state index in [0.29, 0.717) is 24.2 Å². The molecule has 5 nitrogen and oxygen atoms in total. The molecule has 1 aromatic rings. The lowest BCUT2D eigenvalue weighted by molar-refractivity contribution is 0.0935.